The molecular weight excluding hydrogens is 348 g/mol. The van der Waals surface area contributed by atoms with Gasteiger partial charge in [0, 0.05) is 23.0 Å². The number of ether oxygens (including phenoxy) is 1. The zero-order chi connectivity index (χ0) is 17.2. The standard InChI is InChI=1S/C17H15ClN2O3S/c1-24(21,22)20-10-9-19-17(20)14-3-2-4-16(11-14)23-12-13-5-7-15(18)8-6-13/h2-11H,12H2,1H3. The number of hydrogen-bond acceptors (Lipinski definition) is 4. The van der Waals surface area contributed by atoms with Crippen molar-refractivity contribution in [1.29, 1.82) is 0 Å². The molecule has 0 atom stereocenters. The van der Waals surface area contributed by atoms with Crippen LogP contribution >= 0.6 is 11.6 Å². The molecule has 24 heavy (non-hydrogen) atoms. The highest BCUT2D eigenvalue weighted by atomic mass is 35.5. The lowest BCUT2D eigenvalue weighted by Crippen LogP contribution is -2.10. The van der Waals surface area contributed by atoms with Gasteiger partial charge in [0.05, 0.1) is 6.26 Å². The largest absolute Gasteiger partial charge is 0.489 e. The molecule has 0 aliphatic rings. The summed E-state index contributed by atoms with van der Waals surface area (Å²) < 4.78 is 30.5. The van der Waals surface area contributed by atoms with Crippen molar-refractivity contribution in [2.24, 2.45) is 0 Å². The summed E-state index contributed by atoms with van der Waals surface area (Å²) in [6.45, 7) is 0.390. The van der Waals surface area contributed by atoms with Crippen LogP contribution in [-0.2, 0) is 16.6 Å². The summed E-state index contributed by atoms with van der Waals surface area (Å²) in [4.78, 5) is 4.14. The molecule has 0 saturated carbocycles. The molecular formula is C17H15ClN2O3S. The smallest absolute Gasteiger partial charge is 0.237 e. The van der Waals surface area contributed by atoms with Crippen LogP contribution in [-0.4, -0.2) is 23.6 Å². The van der Waals surface area contributed by atoms with Crippen molar-refractivity contribution in [3.63, 3.8) is 0 Å². The Balaban J connectivity index is 1.82. The van der Waals surface area contributed by atoms with Crippen LogP contribution in [0.4, 0.5) is 0 Å². The molecule has 124 valence electrons. The predicted octanol–water partition coefficient (Wildman–Crippen LogP) is 3.59. The third-order valence-corrected chi connectivity index (χ3v) is 4.64. The van der Waals surface area contributed by atoms with Gasteiger partial charge in [0.2, 0.25) is 10.0 Å². The Hall–Kier alpha value is -2.31. The van der Waals surface area contributed by atoms with Gasteiger partial charge in [-0.1, -0.05) is 35.9 Å². The third-order valence-electron chi connectivity index (χ3n) is 3.38. The Morgan fingerprint density at radius 2 is 1.92 bits per heavy atom. The molecule has 0 aliphatic heterocycles. The molecule has 0 fully saturated rings. The molecule has 0 amide bonds. The molecule has 3 aromatic rings. The van der Waals surface area contributed by atoms with E-state index in [4.69, 9.17) is 16.3 Å². The Bertz CT molecular complexity index is 950. The molecule has 0 spiro atoms. The van der Waals surface area contributed by atoms with E-state index in [1.807, 2.05) is 18.2 Å². The van der Waals surface area contributed by atoms with E-state index in [0.29, 0.717) is 28.8 Å². The van der Waals surface area contributed by atoms with Crippen molar-refractivity contribution in [2.45, 2.75) is 6.61 Å². The van der Waals surface area contributed by atoms with E-state index in [2.05, 4.69) is 4.98 Å². The van der Waals surface area contributed by atoms with E-state index >= 15 is 0 Å². The molecule has 2 aromatic carbocycles. The first-order valence-corrected chi connectivity index (χ1v) is 9.38. The van der Waals surface area contributed by atoms with Crippen LogP contribution in [0.1, 0.15) is 5.56 Å². The van der Waals surface area contributed by atoms with Crippen LogP contribution in [0.5, 0.6) is 5.75 Å². The second kappa shape index (κ2) is 6.67. The number of halogens is 1. The predicted molar refractivity (Wildman–Crippen MR) is 93.7 cm³/mol. The van der Waals surface area contributed by atoms with E-state index in [0.717, 1.165) is 15.8 Å². The molecule has 3 rings (SSSR count). The molecule has 1 aromatic heterocycles. The maximum Gasteiger partial charge on any atom is 0.237 e. The highest BCUT2D eigenvalue weighted by Gasteiger charge is 2.13. The number of rotatable bonds is 5. The maximum atomic E-state index is 11.8. The van der Waals surface area contributed by atoms with Crippen LogP contribution in [0.15, 0.2) is 60.9 Å². The van der Waals surface area contributed by atoms with Crippen LogP contribution in [0.25, 0.3) is 11.4 Å². The minimum atomic E-state index is -3.41. The quantitative estimate of drug-likeness (QED) is 0.695. The number of benzene rings is 2. The Kier molecular flexibility index (Phi) is 4.59. The maximum absolute atomic E-state index is 11.8. The van der Waals surface area contributed by atoms with Gasteiger partial charge in [0.25, 0.3) is 0 Å². The number of aromatic nitrogens is 2. The van der Waals surface area contributed by atoms with Gasteiger partial charge in [0.1, 0.15) is 12.4 Å². The Labute approximate surface area is 145 Å². The van der Waals surface area contributed by atoms with Gasteiger partial charge in [-0.05, 0) is 29.8 Å². The fourth-order valence-electron chi connectivity index (χ4n) is 2.23. The Morgan fingerprint density at radius 1 is 1.17 bits per heavy atom. The van der Waals surface area contributed by atoms with E-state index in [1.165, 1.54) is 12.4 Å². The molecule has 0 radical (unpaired) electrons. The van der Waals surface area contributed by atoms with Crippen LogP contribution in [0.3, 0.4) is 0 Å². The van der Waals surface area contributed by atoms with E-state index < -0.39 is 10.0 Å². The molecule has 0 N–H and O–H groups in total. The van der Waals surface area contributed by atoms with Crippen molar-refractivity contribution in [3.05, 3.63) is 71.5 Å². The van der Waals surface area contributed by atoms with E-state index in [-0.39, 0.29) is 0 Å². The molecule has 0 bridgehead atoms. The number of nitrogens with zero attached hydrogens (tertiary/aromatic N) is 2. The van der Waals surface area contributed by atoms with Gasteiger partial charge in [-0.25, -0.2) is 17.4 Å². The van der Waals surface area contributed by atoms with Gasteiger partial charge < -0.3 is 4.74 Å². The molecule has 1 heterocycles. The first kappa shape index (κ1) is 16.5. The van der Waals surface area contributed by atoms with Gasteiger partial charge >= 0.3 is 0 Å². The SMILES string of the molecule is CS(=O)(=O)n1ccnc1-c1cccc(OCc2ccc(Cl)cc2)c1. The first-order chi connectivity index (χ1) is 11.4. The van der Waals surface area contributed by atoms with E-state index in [1.54, 1.807) is 30.3 Å². The summed E-state index contributed by atoms with van der Waals surface area (Å²) in [5.41, 5.74) is 1.65. The second-order valence-corrected chi connectivity index (χ2v) is 7.55. The summed E-state index contributed by atoms with van der Waals surface area (Å²) in [7, 11) is -3.41. The average Bonchev–Trinajstić information content (AvgIpc) is 3.05. The number of hydrogen-bond donors (Lipinski definition) is 0. The van der Waals surface area contributed by atoms with E-state index in [9.17, 15) is 8.42 Å². The normalized spacial score (nSPS) is 11.4. The summed E-state index contributed by atoms with van der Waals surface area (Å²) in [6, 6.07) is 14.6. The summed E-state index contributed by atoms with van der Waals surface area (Å²) in [5.74, 6) is 0.986. The van der Waals surface area contributed by atoms with Crippen LogP contribution < -0.4 is 4.74 Å². The minimum absolute atomic E-state index is 0.356. The highest BCUT2D eigenvalue weighted by molar-refractivity contribution is 7.89. The van der Waals surface area contributed by atoms with Gasteiger partial charge in [-0.3, -0.25) is 0 Å². The lowest BCUT2D eigenvalue weighted by atomic mass is 10.2. The summed E-state index contributed by atoms with van der Waals surface area (Å²) in [5, 5.41) is 0.674. The number of imidazole rings is 1. The van der Waals surface area contributed by atoms with Crippen LogP contribution in [0.2, 0.25) is 5.02 Å². The first-order valence-electron chi connectivity index (χ1n) is 7.15. The summed E-state index contributed by atoms with van der Waals surface area (Å²) in [6.07, 6.45) is 4.02. The zero-order valence-electron chi connectivity index (χ0n) is 12.9. The minimum Gasteiger partial charge on any atom is -0.489 e. The lowest BCUT2D eigenvalue weighted by Gasteiger charge is -2.09. The average molecular weight is 363 g/mol. The second-order valence-electron chi connectivity index (χ2n) is 5.25. The third kappa shape index (κ3) is 3.77. The van der Waals surface area contributed by atoms with Gasteiger partial charge in [-0.15, -0.1) is 0 Å². The van der Waals surface area contributed by atoms with Crippen molar-refractivity contribution in [1.82, 2.24) is 8.96 Å². The van der Waals surface area contributed by atoms with Crippen molar-refractivity contribution in [2.75, 3.05) is 6.26 Å². The Morgan fingerprint density at radius 3 is 2.62 bits per heavy atom. The monoisotopic (exact) mass is 362 g/mol. The fraction of sp³-hybridized carbons (Fsp3) is 0.118. The zero-order valence-corrected chi connectivity index (χ0v) is 14.5. The van der Waals surface area contributed by atoms with Crippen LogP contribution in [0, 0.1) is 0 Å². The fourth-order valence-corrected chi connectivity index (χ4v) is 3.10. The summed E-state index contributed by atoms with van der Waals surface area (Å²) >= 11 is 5.86. The molecule has 0 saturated heterocycles. The molecule has 0 aliphatic carbocycles. The van der Waals surface area contributed by atoms with Crippen molar-refractivity contribution >= 4 is 21.6 Å². The molecule has 7 heteroatoms. The topological polar surface area (TPSA) is 61.2 Å². The van der Waals surface area contributed by atoms with Crippen molar-refractivity contribution in [3.8, 4) is 17.1 Å². The van der Waals surface area contributed by atoms with Gasteiger partial charge in [0.15, 0.2) is 5.82 Å². The molecule has 5 nitrogen and oxygen atoms in total. The van der Waals surface area contributed by atoms with Gasteiger partial charge in [-0.2, -0.15) is 0 Å². The molecule has 0 unspecified atom stereocenters. The lowest BCUT2D eigenvalue weighted by molar-refractivity contribution is 0.306. The van der Waals surface area contributed by atoms with Crippen molar-refractivity contribution < 1.29 is 13.2 Å². The highest BCUT2D eigenvalue weighted by Crippen LogP contribution is 2.24.